The molecule has 1 aromatic heterocycles. The van der Waals surface area contributed by atoms with Gasteiger partial charge in [0.15, 0.2) is 5.15 Å². The Morgan fingerprint density at radius 1 is 1.43 bits per heavy atom. The molecule has 4 nitrogen and oxygen atoms in total. The maximum absolute atomic E-state index is 5.62. The van der Waals surface area contributed by atoms with Gasteiger partial charge in [0, 0.05) is 12.6 Å². The molecule has 0 fully saturated rings. The number of hydrogen-bond acceptors (Lipinski definition) is 4. The smallest absolute Gasteiger partial charge is 0.151 e. The lowest BCUT2D eigenvalue weighted by Gasteiger charge is -2.19. The topological polar surface area (TPSA) is 41.1 Å². The molecule has 0 saturated heterocycles. The number of aromatic nitrogens is 2. The molecule has 0 aliphatic carbocycles. The number of rotatable bonds is 4. The summed E-state index contributed by atoms with van der Waals surface area (Å²) in [6, 6.07) is 3.99. The summed E-state index contributed by atoms with van der Waals surface area (Å²) < 4.78 is 0. The van der Waals surface area contributed by atoms with Crippen LogP contribution in [-0.4, -0.2) is 41.8 Å². The molecule has 1 N–H and O–H groups in total. The van der Waals surface area contributed by atoms with Crippen LogP contribution in [0.25, 0.3) is 0 Å². The summed E-state index contributed by atoms with van der Waals surface area (Å²) in [5.74, 6) is 0.753. The van der Waals surface area contributed by atoms with E-state index in [4.69, 9.17) is 11.6 Å². The molecule has 1 atom stereocenters. The lowest BCUT2D eigenvalue weighted by molar-refractivity contribution is 0.326. The number of halogens is 1. The van der Waals surface area contributed by atoms with E-state index in [9.17, 15) is 0 Å². The molecule has 14 heavy (non-hydrogen) atoms. The van der Waals surface area contributed by atoms with Crippen molar-refractivity contribution in [2.45, 2.75) is 13.0 Å². The molecule has 0 aromatic carbocycles. The number of hydrogen-bond donors (Lipinski definition) is 1. The van der Waals surface area contributed by atoms with Crippen LogP contribution in [0.2, 0.25) is 5.15 Å². The molecule has 5 heteroatoms. The summed E-state index contributed by atoms with van der Waals surface area (Å²) in [5.41, 5.74) is 0. The number of anilines is 1. The normalized spacial score (nSPS) is 12.9. The molecule has 0 bridgehead atoms. The first kappa shape index (κ1) is 11.2. The van der Waals surface area contributed by atoms with Crippen molar-refractivity contribution in [1.29, 1.82) is 0 Å². The van der Waals surface area contributed by atoms with Gasteiger partial charge < -0.3 is 10.2 Å². The summed E-state index contributed by atoms with van der Waals surface area (Å²) in [5, 5.41) is 11.2. The minimum Gasteiger partial charge on any atom is -0.367 e. The van der Waals surface area contributed by atoms with E-state index in [1.165, 1.54) is 0 Å². The molecule has 78 valence electrons. The minimum atomic E-state index is 0.413. The third-order valence-corrected chi connectivity index (χ3v) is 2.29. The van der Waals surface area contributed by atoms with E-state index in [1.54, 1.807) is 6.07 Å². The monoisotopic (exact) mass is 214 g/mol. The van der Waals surface area contributed by atoms with E-state index in [2.05, 4.69) is 27.3 Å². The first-order valence-corrected chi connectivity index (χ1v) is 4.87. The van der Waals surface area contributed by atoms with Crippen LogP contribution in [0, 0.1) is 0 Å². The molecular weight excluding hydrogens is 200 g/mol. The molecule has 0 radical (unpaired) electrons. The van der Waals surface area contributed by atoms with Crippen molar-refractivity contribution < 1.29 is 0 Å². The van der Waals surface area contributed by atoms with Crippen molar-refractivity contribution in [2.24, 2.45) is 0 Å². The average molecular weight is 215 g/mol. The third-order valence-electron chi connectivity index (χ3n) is 2.09. The van der Waals surface area contributed by atoms with Crippen molar-refractivity contribution in [3.05, 3.63) is 17.3 Å². The van der Waals surface area contributed by atoms with E-state index in [0.717, 1.165) is 12.4 Å². The number of nitrogens with zero attached hydrogens (tertiary/aromatic N) is 3. The highest BCUT2D eigenvalue weighted by atomic mass is 35.5. The molecule has 0 aliphatic rings. The molecule has 1 rings (SSSR count). The van der Waals surface area contributed by atoms with Gasteiger partial charge in [-0.25, -0.2) is 0 Å². The Bertz CT molecular complexity index is 273. The van der Waals surface area contributed by atoms with Gasteiger partial charge in [-0.3, -0.25) is 0 Å². The Labute approximate surface area is 89.3 Å². The van der Waals surface area contributed by atoms with Crippen molar-refractivity contribution in [2.75, 3.05) is 26.0 Å². The van der Waals surface area contributed by atoms with Gasteiger partial charge in [0.25, 0.3) is 0 Å². The zero-order valence-corrected chi connectivity index (χ0v) is 9.41. The molecule has 1 heterocycles. The van der Waals surface area contributed by atoms with E-state index < -0.39 is 0 Å². The fraction of sp³-hybridized carbons (Fsp3) is 0.556. The van der Waals surface area contributed by atoms with Crippen molar-refractivity contribution in [3.63, 3.8) is 0 Å². The lowest BCUT2D eigenvalue weighted by Crippen LogP contribution is -2.31. The second kappa shape index (κ2) is 5.12. The van der Waals surface area contributed by atoms with Gasteiger partial charge in [-0.2, -0.15) is 0 Å². The van der Waals surface area contributed by atoms with E-state index >= 15 is 0 Å². The Balaban J connectivity index is 2.42. The predicted molar refractivity (Wildman–Crippen MR) is 58.7 cm³/mol. The SMILES string of the molecule is CC(CNc1ccc(Cl)nn1)N(C)C. The van der Waals surface area contributed by atoms with Gasteiger partial charge in [0.1, 0.15) is 5.82 Å². The van der Waals surface area contributed by atoms with Crippen LogP contribution in [0.4, 0.5) is 5.82 Å². The van der Waals surface area contributed by atoms with E-state index in [0.29, 0.717) is 11.2 Å². The maximum Gasteiger partial charge on any atom is 0.151 e. The van der Waals surface area contributed by atoms with Crippen molar-refractivity contribution in [1.82, 2.24) is 15.1 Å². The van der Waals surface area contributed by atoms with Gasteiger partial charge in [0.05, 0.1) is 0 Å². The standard InChI is InChI=1S/C9H15ClN4/c1-7(14(2)3)6-11-9-5-4-8(10)12-13-9/h4-5,7H,6H2,1-3H3,(H,11,13). The Kier molecular flexibility index (Phi) is 4.10. The van der Waals surface area contributed by atoms with Crippen LogP contribution in [0.15, 0.2) is 12.1 Å². The molecule has 0 saturated carbocycles. The molecule has 1 unspecified atom stereocenters. The van der Waals surface area contributed by atoms with Crippen LogP contribution < -0.4 is 5.32 Å². The van der Waals surface area contributed by atoms with Crippen LogP contribution >= 0.6 is 11.6 Å². The fourth-order valence-corrected chi connectivity index (χ4v) is 0.946. The van der Waals surface area contributed by atoms with Crippen molar-refractivity contribution >= 4 is 17.4 Å². The van der Waals surface area contributed by atoms with Gasteiger partial charge >= 0.3 is 0 Å². The van der Waals surface area contributed by atoms with E-state index in [1.807, 2.05) is 20.2 Å². The predicted octanol–water partition coefficient (Wildman–Crippen LogP) is 1.49. The second-order valence-electron chi connectivity index (χ2n) is 3.43. The van der Waals surface area contributed by atoms with Gasteiger partial charge in [-0.15, -0.1) is 10.2 Å². The molecule has 0 spiro atoms. The fourth-order valence-electron chi connectivity index (χ4n) is 0.845. The largest absolute Gasteiger partial charge is 0.367 e. The minimum absolute atomic E-state index is 0.413. The first-order chi connectivity index (χ1) is 6.59. The summed E-state index contributed by atoms with van der Waals surface area (Å²) in [7, 11) is 4.08. The van der Waals surface area contributed by atoms with Crippen LogP contribution in [0.3, 0.4) is 0 Å². The Morgan fingerprint density at radius 3 is 2.64 bits per heavy atom. The molecular formula is C9H15ClN4. The highest BCUT2D eigenvalue weighted by Gasteiger charge is 2.03. The summed E-state index contributed by atoms with van der Waals surface area (Å²) >= 11 is 5.62. The average Bonchev–Trinajstić information content (AvgIpc) is 2.16. The lowest BCUT2D eigenvalue weighted by atomic mass is 10.3. The van der Waals surface area contributed by atoms with Gasteiger partial charge in [0.2, 0.25) is 0 Å². The van der Waals surface area contributed by atoms with Crippen LogP contribution in [-0.2, 0) is 0 Å². The third kappa shape index (κ3) is 3.47. The maximum atomic E-state index is 5.62. The Morgan fingerprint density at radius 2 is 2.14 bits per heavy atom. The number of nitrogens with one attached hydrogen (secondary N) is 1. The highest BCUT2D eigenvalue weighted by Crippen LogP contribution is 2.06. The van der Waals surface area contributed by atoms with Crippen LogP contribution in [0.1, 0.15) is 6.92 Å². The summed E-state index contributed by atoms with van der Waals surface area (Å²) in [6.45, 7) is 2.97. The van der Waals surface area contributed by atoms with Gasteiger partial charge in [-0.05, 0) is 33.2 Å². The van der Waals surface area contributed by atoms with Crippen molar-refractivity contribution in [3.8, 4) is 0 Å². The summed E-state index contributed by atoms with van der Waals surface area (Å²) in [4.78, 5) is 2.14. The second-order valence-corrected chi connectivity index (χ2v) is 3.82. The van der Waals surface area contributed by atoms with E-state index in [-0.39, 0.29) is 0 Å². The zero-order chi connectivity index (χ0) is 10.6. The summed E-state index contributed by atoms with van der Waals surface area (Å²) in [6.07, 6.45) is 0. The van der Waals surface area contributed by atoms with Gasteiger partial charge in [-0.1, -0.05) is 11.6 Å². The first-order valence-electron chi connectivity index (χ1n) is 4.49. The Hall–Kier alpha value is -0.870. The zero-order valence-electron chi connectivity index (χ0n) is 8.66. The quantitative estimate of drug-likeness (QED) is 0.825. The number of likely N-dealkylation sites (N-methyl/N-ethyl adjacent to an activating group) is 1. The molecule has 1 aromatic rings. The molecule has 0 aliphatic heterocycles. The highest BCUT2D eigenvalue weighted by molar-refractivity contribution is 6.29. The van der Waals surface area contributed by atoms with Crippen LogP contribution in [0.5, 0.6) is 0 Å². The molecule has 0 amide bonds.